The minimum Gasteiger partial charge on any atom is -0.481 e. The summed E-state index contributed by atoms with van der Waals surface area (Å²) in [6.45, 7) is 0.684. The van der Waals surface area contributed by atoms with Crippen molar-refractivity contribution in [2.24, 2.45) is 0 Å². The second kappa shape index (κ2) is 5.03. The Hall–Kier alpha value is -1.49. The molecule has 16 heavy (non-hydrogen) atoms. The summed E-state index contributed by atoms with van der Waals surface area (Å²) in [4.78, 5) is 19.7. The first-order valence-electron chi connectivity index (χ1n) is 5.29. The van der Waals surface area contributed by atoms with Gasteiger partial charge < -0.3 is 9.47 Å². The Labute approximate surface area is 93.8 Å². The van der Waals surface area contributed by atoms with Crippen LogP contribution in [0.5, 0.6) is 5.88 Å². The minimum atomic E-state index is -0.249. The molecule has 0 radical (unpaired) electrons. The summed E-state index contributed by atoms with van der Waals surface area (Å²) < 4.78 is 10.3. The summed E-state index contributed by atoms with van der Waals surface area (Å²) in [7, 11) is 1.54. The SMILES string of the molecule is COc1cc(CC(=O)C2CCCO2)ncn1. The maximum absolute atomic E-state index is 11.8. The van der Waals surface area contributed by atoms with Gasteiger partial charge in [0, 0.05) is 12.7 Å². The van der Waals surface area contributed by atoms with Crippen molar-refractivity contribution in [2.45, 2.75) is 25.4 Å². The molecule has 0 aromatic carbocycles. The molecular formula is C11H14N2O3. The highest BCUT2D eigenvalue weighted by atomic mass is 16.5. The summed E-state index contributed by atoms with van der Waals surface area (Å²) in [6.07, 6.45) is 3.21. The van der Waals surface area contributed by atoms with E-state index in [9.17, 15) is 4.79 Å². The van der Waals surface area contributed by atoms with Crippen LogP contribution >= 0.6 is 0 Å². The van der Waals surface area contributed by atoms with E-state index in [0.717, 1.165) is 12.8 Å². The molecular weight excluding hydrogens is 208 g/mol. The van der Waals surface area contributed by atoms with E-state index in [1.165, 1.54) is 13.4 Å². The van der Waals surface area contributed by atoms with Crippen LogP contribution in [0.4, 0.5) is 0 Å². The van der Waals surface area contributed by atoms with Gasteiger partial charge in [-0.3, -0.25) is 4.79 Å². The molecule has 0 spiro atoms. The van der Waals surface area contributed by atoms with Gasteiger partial charge in [0.05, 0.1) is 19.2 Å². The van der Waals surface area contributed by atoms with Gasteiger partial charge in [-0.1, -0.05) is 0 Å². The van der Waals surface area contributed by atoms with E-state index < -0.39 is 0 Å². The number of ketones is 1. The highest BCUT2D eigenvalue weighted by Crippen LogP contribution is 2.15. The van der Waals surface area contributed by atoms with Crippen LogP contribution in [0, 0.1) is 0 Å². The van der Waals surface area contributed by atoms with Crippen molar-refractivity contribution in [3.05, 3.63) is 18.1 Å². The lowest BCUT2D eigenvalue weighted by molar-refractivity contribution is -0.127. The van der Waals surface area contributed by atoms with E-state index in [1.807, 2.05) is 0 Å². The van der Waals surface area contributed by atoms with Crippen molar-refractivity contribution in [3.8, 4) is 5.88 Å². The highest BCUT2D eigenvalue weighted by molar-refractivity contribution is 5.85. The number of aromatic nitrogens is 2. The van der Waals surface area contributed by atoms with Crippen molar-refractivity contribution in [1.29, 1.82) is 0 Å². The molecule has 0 amide bonds. The Balaban J connectivity index is 1.99. The molecule has 0 bridgehead atoms. The van der Waals surface area contributed by atoms with Crippen molar-refractivity contribution in [1.82, 2.24) is 9.97 Å². The number of carbonyl (C=O) groups excluding carboxylic acids is 1. The summed E-state index contributed by atoms with van der Waals surface area (Å²) in [5, 5.41) is 0. The Morgan fingerprint density at radius 3 is 3.19 bits per heavy atom. The average molecular weight is 222 g/mol. The minimum absolute atomic E-state index is 0.0817. The molecule has 0 saturated carbocycles. The van der Waals surface area contributed by atoms with Crippen molar-refractivity contribution >= 4 is 5.78 Å². The topological polar surface area (TPSA) is 61.3 Å². The van der Waals surface area contributed by atoms with Gasteiger partial charge in [-0.25, -0.2) is 9.97 Å². The largest absolute Gasteiger partial charge is 0.481 e. The van der Waals surface area contributed by atoms with Gasteiger partial charge in [0.15, 0.2) is 5.78 Å². The molecule has 1 aromatic heterocycles. The summed E-state index contributed by atoms with van der Waals surface area (Å²) in [5.41, 5.74) is 0.673. The number of hydrogen-bond acceptors (Lipinski definition) is 5. The van der Waals surface area contributed by atoms with Crippen molar-refractivity contribution in [2.75, 3.05) is 13.7 Å². The third-order valence-electron chi connectivity index (χ3n) is 2.55. The van der Waals surface area contributed by atoms with E-state index in [0.29, 0.717) is 18.2 Å². The first kappa shape index (κ1) is 11.0. The summed E-state index contributed by atoms with van der Waals surface area (Å²) >= 11 is 0. The second-order valence-corrected chi connectivity index (χ2v) is 3.70. The number of nitrogens with zero attached hydrogens (tertiary/aromatic N) is 2. The van der Waals surface area contributed by atoms with Crippen LogP contribution in [0.2, 0.25) is 0 Å². The van der Waals surface area contributed by atoms with Crippen LogP contribution in [-0.2, 0) is 16.0 Å². The molecule has 86 valence electrons. The number of ether oxygens (including phenoxy) is 2. The number of Topliss-reactive ketones (excluding diaryl/α,β-unsaturated/α-hetero) is 1. The lowest BCUT2D eigenvalue weighted by Gasteiger charge is -2.07. The van der Waals surface area contributed by atoms with E-state index in [4.69, 9.17) is 9.47 Å². The standard InChI is InChI=1S/C11H14N2O3/c1-15-11-6-8(12-7-13-11)5-9(14)10-3-2-4-16-10/h6-7,10H,2-5H2,1H3. The van der Waals surface area contributed by atoms with E-state index in [1.54, 1.807) is 6.07 Å². The first-order chi connectivity index (χ1) is 7.79. The quantitative estimate of drug-likeness (QED) is 0.753. The average Bonchev–Trinajstić information content (AvgIpc) is 2.83. The fourth-order valence-electron chi connectivity index (χ4n) is 1.71. The maximum atomic E-state index is 11.8. The number of hydrogen-bond donors (Lipinski definition) is 0. The fourth-order valence-corrected chi connectivity index (χ4v) is 1.71. The molecule has 2 rings (SSSR count). The zero-order valence-electron chi connectivity index (χ0n) is 9.18. The molecule has 0 N–H and O–H groups in total. The van der Waals surface area contributed by atoms with E-state index in [-0.39, 0.29) is 18.3 Å². The van der Waals surface area contributed by atoms with Crippen LogP contribution in [0.3, 0.4) is 0 Å². The molecule has 1 saturated heterocycles. The Bertz CT molecular complexity index is 375. The molecule has 1 aliphatic heterocycles. The monoisotopic (exact) mass is 222 g/mol. The lowest BCUT2D eigenvalue weighted by atomic mass is 10.1. The van der Waals surface area contributed by atoms with Crippen LogP contribution < -0.4 is 4.74 Å². The summed E-state index contributed by atoms with van der Waals surface area (Å²) in [5.74, 6) is 0.559. The summed E-state index contributed by atoms with van der Waals surface area (Å²) in [6, 6.07) is 1.67. The molecule has 0 aliphatic carbocycles. The predicted octanol–water partition coefficient (Wildman–Crippen LogP) is 0.776. The van der Waals surface area contributed by atoms with Gasteiger partial charge >= 0.3 is 0 Å². The van der Waals surface area contributed by atoms with Gasteiger partial charge in [0.25, 0.3) is 0 Å². The number of rotatable bonds is 4. The lowest BCUT2D eigenvalue weighted by Crippen LogP contribution is -2.21. The molecule has 1 aliphatic rings. The van der Waals surface area contributed by atoms with E-state index >= 15 is 0 Å². The van der Waals surface area contributed by atoms with Gasteiger partial charge in [-0.2, -0.15) is 0 Å². The molecule has 2 heterocycles. The first-order valence-corrected chi connectivity index (χ1v) is 5.29. The third kappa shape index (κ3) is 2.55. The van der Waals surface area contributed by atoms with Crippen LogP contribution in [-0.4, -0.2) is 35.6 Å². The van der Waals surface area contributed by atoms with Crippen LogP contribution in [0.1, 0.15) is 18.5 Å². The zero-order chi connectivity index (χ0) is 11.4. The molecule has 1 atom stereocenters. The van der Waals surface area contributed by atoms with Gasteiger partial charge in [0.1, 0.15) is 12.4 Å². The van der Waals surface area contributed by atoms with Crippen LogP contribution in [0.15, 0.2) is 12.4 Å². The van der Waals surface area contributed by atoms with Crippen molar-refractivity contribution < 1.29 is 14.3 Å². The Morgan fingerprint density at radius 1 is 1.62 bits per heavy atom. The highest BCUT2D eigenvalue weighted by Gasteiger charge is 2.23. The van der Waals surface area contributed by atoms with Crippen LogP contribution in [0.25, 0.3) is 0 Å². The van der Waals surface area contributed by atoms with Gasteiger partial charge in [0.2, 0.25) is 5.88 Å². The smallest absolute Gasteiger partial charge is 0.216 e. The maximum Gasteiger partial charge on any atom is 0.216 e. The third-order valence-corrected chi connectivity index (χ3v) is 2.55. The second-order valence-electron chi connectivity index (χ2n) is 3.70. The normalized spacial score (nSPS) is 19.7. The Morgan fingerprint density at radius 2 is 2.50 bits per heavy atom. The molecule has 1 unspecified atom stereocenters. The molecule has 5 heteroatoms. The Kier molecular flexibility index (Phi) is 3.46. The van der Waals surface area contributed by atoms with Gasteiger partial charge in [-0.05, 0) is 12.8 Å². The molecule has 1 fully saturated rings. The van der Waals surface area contributed by atoms with E-state index in [2.05, 4.69) is 9.97 Å². The number of methoxy groups -OCH3 is 1. The predicted molar refractivity (Wildman–Crippen MR) is 56.3 cm³/mol. The number of carbonyl (C=O) groups is 1. The molecule has 1 aromatic rings. The van der Waals surface area contributed by atoms with Crippen molar-refractivity contribution in [3.63, 3.8) is 0 Å². The molecule has 5 nitrogen and oxygen atoms in total. The van der Waals surface area contributed by atoms with Gasteiger partial charge in [-0.15, -0.1) is 0 Å². The zero-order valence-corrected chi connectivity index (χ0v) is 9.18. The fraction of sp³-hybridized carbons (Fsp3) is 0.545.